The minimum atomic E-state index is 0.160. The molecule has 2 saturated heterocycles. The summed E-state index contributed by atoms with van der Waals surface area (Å²) in [6.45, 7) is 7.52. The number of hydrogen-bond donors (Lipinski definition) is 0. The second-order valence-electron chi connectivity index (χ2n) is 6.96. The lowest BCUT2D eigenvalue weighted by Gasteiger charge is -2.38. The molecule has 23 heavy (non-hydrogen) atoms. The molecule has 0 bridgehead atoms. The Balaban J connectivity index is 1.38. The summed E-state index contributed by atoms with van der Waals surface area (Å²) < 4.78 is 4.26. The van der Waals surface area contributed by atoms with Gasteiger partial charge in [-0.15, -0.1) is 0 Å². The molecule has 1 atom stereocenters. The zero-order valence-electron chi connectivity index (χ0n) is 13.8. The first-order chi connectivity index (χ1) is 11.2. The Morgan fingerprint density at radius 2 is 1.83 bits per heavy atom. The molecule has 1 aliphatic carbocycles. The van der Waals surface area contributed by atoms with Crippen LogP contribution in [0.2, 0.25) is 0 Å². The van der Waals surface area contributed by atoms with Gasteiger partial charge in [0.15, 0.2) is 0 Å². The van der Waals surface area contributed by atoms with E-state index in [0.717, 1.165) is 50.2 Å². The van der Waals surface area contributed by atoms with Gasteiger partial charge in [-0.05, 0) is 51.6 Å². The molecule has 1 amide bonds. The number of carbonyl (C=O) groups excluding carboxylic acids is 1. The summed E-state index contributed by atoms with van der Waals surface area (Å²) >= 11 is 1.46. The normalized spacial score (nSPS) is 24.2. The fourth-order valence-electron chi connectivity index (χ4n) is 3.81. The maximum Gasteiger partial charge on any atom is 0.240 e. The minimum Gasteiger partial charge on any atom is -0.343 e. The van der Waals surface area contributed by atoms with E-state index in [4.69, 9.17) is 0 Å². The Bertz CT molecular complexity index is 559. The van der Waals surface area contributed by atoms with Crippen LogP contribution >= 0.6 is 11.5 Å². The van der Waals surface area contributed by atoms with Gasteiger partial charge in [-0.25, -0.2) is 4.98 Å². The van der Waals surface area contributed by atoms with E-state index in [1.54, 1.807) is 0 Å². The van der Waals surface area contributed by atoms with Crippen LogP contribution in [-0.2, 0) is 4.79 Å². The number of aryl methyl sites for hydroxylation is 1. The summed E-state index contributed by atoms with van der Waals surface area (Å²) in [6, 6.07) is 0.160. The van der Waals surface area contributed by atoms with Gasteiger partial charge >= 0.3 is 0 Å². The highest BCUT2D eigenvalue weighted by Gasteiger charge is 2.43. The van der Waals surface area contributed by atoms with Crippen molar-refractivity contribution in [1.29, 1.82) is 0 Å². The van der Waals surface area contributed by atoms with Crippen LogP contribution in [0.25, 0.3) is 0 Å². The quantitative estimate of drug-likeness (QED) is 0.832. The largest absolute Gasteiger partial charge is 0.343 e. The molecular formula is C16H25N5OS. The number of carbonyl (C=O) groups is 1. The van der Waals surface area contributed by atoms with Gasteiger partial charge in [0.05, 0.1) is 6.04 Å². The Kier molecular flexibility index (Phi) is 4.24. The molecule has 0 spiro atoms. The molecule has 3 heterocycles. The van der Waals surface area contributed by atoms with E-state index in [1.807, 2.05) is 6.92 Å². The number of likely N-dealkylation sites (tertiary alicyclic amines) is 1. The van der Waals surface area contributed by atoms with Gasteiger partial charge in [-0.3, -0.25) is 9.69 Å². The van der Waals surface area contributed by atoms with Gasteiger partial charge in [0.1, 0.15) is 5.82 Å². The number of piperazine rings is 1. The number of rotatable bonds is 4. The predicted molar refractivity (Wildman–Crippen MR) is 90.8 cm³/mol. The zero-order chi connectivity index (χ0) is 15.8. The molecule has 3 aliphatic rings. The molecule has 0 unspecified atom stereocenters. The Morgan fingerprint density at radius 1 is 1.13 bits per heavy atom. The monoisotopic (exact) mass is 335 g/mol. The molecule has 7 heteroatoms. The minimum absolute atomic E-state index is 0.160. The molecule has 1 aromatic rings. The smallest absolute Gasteiger partial charge is 0.240 e. The summed E-state index contributed by atoms with van der Waals surface area (Å²) in [6.07, 6.45) is 4.97. The molecule has 3 fully saturated rings. The lowest BCUT2D eigenvalue weighted by atomic mass is 10.1. The third-order valence-corrected chi connectivity index (χ3v) is 6.10. The van der Waals surface area contributed by atoms with E-state index in [2.05, 4.69) is 24.1 Å². The number of nitrogens with zero attached hydrogens (tertiary/aromatic N) is 5. The summed E-state index contributed by atoms with van der Waals surface area (Å²) in [5.41, 5.74) is 0. The molecule has 0 aromatic carbocycles. The van der Waals surface area contributed by atoms with Crippen LogP contribution < -0.4 is 4.90 Å². The van der Waals surface area contributed by atoms with E-state index >= 15 is 0 Å². The van der Waals surface area contributed by atoms with Crippen molar-refractivity contribution in [2.45, 2.75) is 38.6 Å². The third-order valence-electron chi connectivity index (χ3n) is 5.23. The van der Waals surface area contributed by atoms with Crippen molar-refractivity contribution >= 4 is 22.6 Å². The van der Waals surface area contributed by atoms with Crippen molar-refractivity contribution in [3.8, 4) is 0 Å². The molecule has 0 radical (unpaired) electrons. The van der Waals surface area contributed by atoms with Crippen LogP contribution in [0, 0.1) is 12.8 Å². The highest BCUT2D eigenvalue weighted by Crippen LogP contribution is 2.37. The predicted octanol–water partition coefficient (Wildman–Crippen LogP) is 1.37. The van der Waals surface area contributed by atoms with Crippen LogP contribution in [0.3, 0.4) is 0 Å². The highest BCUT2D eigenvalue weighted by atomic mass is 32.1. The third kappa shape index (κ3) is 3.21. The molecule has 1 saturated carbocycles. The first kappa shape index (κ1) is 15.3. The average Bonchev–Trinajstić information content (AvgIpc) is 3.07. The Hall–Kier alpha value is -1.21. The fraction of sp³-hybridized carbons (Fsp3) is 0.812. The molecule has 126 valence electrons. The lowest BCUT2D eigenvalue weighted by molar-refractivity contribution is -0.137. The van der Waals surface area contributed by atoms with Crippen LogP contribution in [0.5, 0.6) is 0 Å². The zero-order valence-corrected chi connectivity index (χ0v) is 14.6. The number of amides is 1. The van der Waals surface area contributed by atoms with Gasteiger partial charge in [0.2, 0.25) is 11.0 Å². The second-order valence-corrected chi connectivity index (χ2v) is 7.69. The summed E-state index contributed by atoms with van der Waals surface area (Å²) in [4.78, 5) is 24.3. The molecule has 6 nitrogen and oxygen atoms in total. The number of anilines is 1. The van der Waals surface area contributed by atoms with E-state index in [9.17, 15) is 4.79 Å². The van der Waals surface area contributed by atoms with Crippen molar-refractivity contribution in [2.75, 3.05) is 44.2 Å². The van der Waals surface area contributed by atoms with E-state index in [-0.39, 0.29) is 6.04 Å². The topological polar surface area (TPSA) is 52.6 Å². The number of aromatic nitrogens is 2. The summed E-state index contributed by atoms with van der Waals surface area (Å²) in [7, 11) is 0. The first-order valence-electron chi connectivity index (χ1n) is 8.80. The van der Waals surface area contributed by atoms with Crippen molar-refractivity contribution in [1.82, 2.24) is 19.2 Å². The van der Waals surface area contributed by atoms with E-state index in [1.165, 1.54) is 37.2 Å². The van der Waals surface area contributed by atoms with Crippen molar-refractivity contribution in [2.24, 2.45) is 5.92 Å². The van der Waals surface area contributed by atoms with Crippen molar-refractivity contribution in [3.63, 3.8) is 0 Å². The van der Waals surface area contributed by atoms with Crippen molar-refractivity contribution in [3.05, 3.63) is 5.82 Å². The lowest BCUT2D eigenvalue weighted by Crippen LogP contribution is -2.55. The maximum absolute atomic E-state index is 13.1. The van der Waals surface area contributed by atoms with Gasteiger partial charge in [0, 0.05) is 37.7 Å². The highest BCUT2D eigenvalue weighted by molar-refractivity contribution is 7.09. The van der Waals surface area contributed by atoms with Gasteiger partial charge in [-0.1, -0.05) is 0 Å². The molecule has 4 rings (SSSR count). The van der Waals surface area contributed by atoms with Gasteiger partial charge < -0.3 is 9.80 Å². The molecule has 0 N–H and O–H groups in total. The summed E-state index contributed by atoms with van der Waals surface area (Å²) in [5.74, 6) is 1.83. The average molecular weight is 335 g/mol. The number of hydrogen-bond acceptors (Lipinski definition) is 6. The SMILES string of the molecule is Cc1nsc(N2CCN(C(=O)[C@H](C3CC3)N3CCCC3)CC2)n1. The summed E-state index contributed by atoms with van der Waals surface area (Å²) in [5, 5.41) is 0.993. The molecule has 1 aromatic heterocycles. The van der Waals surface area contributed by atoms with Crippen LogP contribution in [0.4, 0.5) is 5.13 Å². The van der Waals surface area contributed by atoms with Crippen molar-refractivity contribution < 1.29 is 4.79 Å². The van der Waals surface area contributed by atoms with Gasteiger partial charge in [-0.2, -0.15) is 4.37 Å². The standard InChI is InChI=1S/C16H25N5OS/c1-12-17-16(23-18-12)21-10-8-20(9-11-21)15(22)14(13-4-5-13)19-6-2-3-7-19/h13-14H,2-11H2,1H3/t14-/m0/s1. The molecular weight excluding hydrogens is 310 g/mol. The van der Waals surface area contributed by atoms with Crippen LogP contribution in [-0.4, -0.2) is 70.4 Å². The van der Waals surface area contributed by atoms with Gasteiger partial charge in [0.25, 0.3) is 0 Å². The Morgan fingerprint density at radius 3 is 2.39 bits per heavy atom. The second kappa shape index (κ2) is 6.36. The molecule has 2 aliphatic heterocycles. The maximum atomic E-state index is 13.1. The fourth-order valence-corrected chi connectivity index (χ4v) is 4.53. The van der Waals surface area contributed by atoms with E-state index < -0.39 is 0 Å². The van der Waals surface area contributed by atoms with E-state index in [0.29, 0.717) is 11.8 Å². The first-order valence-corrected chi connectivity index (χ1v) is 9.58. The van der Waals surface area contributed by atoms with Crippen LogP contribution in [0.15, 0.2) is 0 Å². The van der Waals surface area contributed by atoms with Crippen LogP contribution in [0.1, 0.15) is 31.5 Å². The Labute approximate surface area is 141 Å².